The standard InChI is InChI=1S/C26H22N4O/c1-3-11-21(12-4-1)23(19-29-25-15-7-9-17-27-25)31-24(22-13-5-2-6-14-22)20-30-26-16-8-10-18-28-26/h1-20,23-24H. The van der Waals surface area contributed by atoms with Gasteiger partial charge in [-0.25, -0.2) is 20.0 Å². The van der Waals surface area contributed by atoms with E-state index >= 15 is 0 Å². The zero-order valence-corrected chi connectivity index (χ0v) is 16.9. The summed E-state index contributed by atoms with van der Waals surface area (Å²) in [5, 5.41) is 0. The SMILES string of the molecule is C(=Nc1ccccn1)C(OC(C=Nc1ccccn1)c1ccccc1)c1ccccc1. The van der Waals surface area contributed by atoms with Crippen molar-refractivity contribution in [2.24, 2.45) is 9.98 Å². The predicted octanol–water partition coefficient (Wildman–Crippen LogP) is 6.08. The van der Waals surface area contributed by atoms with E-state index in [-0.39, 0.29) is 12.2 Å². The first-order chi connectivity index (χ1) is 15.4. The van der Waals surface area contributed by atoms with Gasteiger partial charge in [0.2, 0.25) is 0 Å². The van der Waals surface area contributed by atoms with Crippen LogP contribution in [-0.2, 0) is 4.74 Å². The van der Waals surface area contributed by atoms with Crippen LogP contribution in [0.5, 0.6) is 0 Å². The Morgan fingerprint density at radius 1 is 0.548 bits per heavy atom. The maximum Gasteiger partial charge on any atom is 0.151 e. The van der Waals surface area contributed by atoms with Gasteiger partial charge < -0.3 is 4.74 Å². The molecule has 0 amide bonds. The van der Waals surface area contributed by atoms with Crippen LogP contribution in [0.2, 0.25) is 0 Å². The quantitative estimate of drug-likeness (QED) is 0.333. The number of hydrogen-bond donors (Lipinski definition) is 0. The Hall–Kier alpha value is -3.96. The molecular weight excluding hydrogens is 384 g/mol. The van der Waals surface area contributed by atoms with Crippen LogP contribution >= 0.6 is 0 Å². The van der Waals surface area contributed by atoms with Crippen LogP contribution in [-0.4, -0.2) is 22.4 Å². The normalized spacial score (nSPS) is 13.4. The fourth-order valence-corrected chi connectivity index (χ4v) is 2.99. The monoisotopic (exact) mass is 406 g/mol. The van der Waals surface area contributed by atoms with Gasteiger partial charge in [0, 0.05) is 24.8 Å². The van der Waals surface area contributed by atoms with Crippen molar-refractivity contribution in [2.45, 2.75) is 12.2 Å². The van der Waals surface area contributed by atoms with Gasteiger partial charge in [-0.15, -0.1) is 0 Å². The summed E-state index contributed by atoms with van der Waals surface area (Å²) in [6.45, 7) is 0. The van der Waals surface area contributed by atoms with Crippen molar-refractivity contribution < 1.29 is 4.74 Å². The Bertz CT molecular complexity index is 1010. The van der Waals surface area contributed by atoms with Crippen LogP contribution < -0.4 is 0 Å². The minimum absolute atomic E-state index is 0.386. The van der Waals surface area contributed by atoms with Gasteiger partial charge in [-0.2, -0.15) is 0 Å². The van der Waals surface area contributed by atoms with Gasteiger partial charge in [0.1, 0.15) is 12.2 Å². The molecule has 2 aromatic heterocycles. The van der Waals surface area contributed by atoms with Crippen LogP contribution in [0.15, 0.2) is 119 Å². The van der Waals surface area contributed by atoms with Crippen molar-refractivity contribution in [2.75, 3.05) is 0 Å². The summed E-state index contributed by atoms with van der Waals surface area (Å²) in [6, 6.07) is 31.2. The lowest BCUT2D eigenvalue weighted by Gasteiger charge is -2.20. The average molecular weight is 406 g/mol. The smallest absolute Gasteiger partial charge is 0.151 e. The lowest BCUT2D eigenvalue weighted by Crippen LogP contribution is -2.13. The molecule has 0 N–H and O–H groups in total. The molecule has 0 saturated heterocycles. The van der Waals surface area contributed by atoms with Crippen LogP contribution in [0.4, 0.5) is 11.6 Å². The molecule has 31 heavy (non-hydrogen) atoms. The zero-order chi connectivity index (χ0) is 21.1. The van der Waals surface area contributed by atoms with Gasteiger partial charge in [0.05, 0.1) is 0 Å². The molecule has 0 spiro atoms. The first-order valence-electron chi connectivity index (χ1n) is 10.0. The number of pyridine rings is 2. The average Bonchev–Trinajstić information content (AvgIpc) is 2.86. The molecule has 0 aliphatic rings. The van der Waals surface area contributed by atoms with Crippen molar-refractivity contribution >= 4 is 24.1 Å². The van der Waals surface area contributed by atoms with E-state index in [0.717, 1.165) is 11.1 Å². The van der Waals surface area contributed by atoms with Gasteiger partial charge in [-0.3, -0.25) is 0 Å². The lowest BCUT2D eigenvalue weighted by molar-refractivity contribution is 0.0693. The third-order valence-electron chi connectivity index (χ3n) is 4.53. The molecule has 0 aliphatic carbocycles. The number of rotatable bonds is 8. The highest BCUT2D eigenvalue weighted by molar-refractivity contribution is 5.72. The van der Waals surface area contributed by atoms with E-state index in [4.69, 9.17) is 4.74 Å². The maximum atomic E-state index is 6.51. The highest BCUT2D eigenvalue weighted by Gasteiger charge is 2.17. The fourth-order valence-electron chi connectivity index (χ4n) is 2.99. The molecule has 0 fully saturated rings. The number of hydrogen-bond acceptors (Lipinski definition) is 5. The van der Waals surface area contributed by atoms with E-state index in [2.05, 4.69) is 20.0 Å². The summed E-state index contributed by atoms with van der Waals surface area (Å²) in [5.74, 6) is 1.26. The first kappa shape index (κ1) is 20.3. The maximum absolute atomic E-state index is 6.51. The molecule has 0 saturated carbocycles. The van der Waals surface area contributed by atoms with Crippen LogP contribution in [0.25, 0.3) is 0 Å². The molecule has 2 heterocycles. The molecule has 5 heteroatoms. The zero-order valence-electron chi connectivity index (χ0n) is 16.9. The molecule has 2 unspecified atom stereocenters. The Morgan fingerprint density at radius 3 is 1.35 bits per heavy atom. The van der Waals surface area contributed by atoms with E-state index < -0.39 is 0 Å². The molecule has 2 atom stereocenters. The third-order valence-corrected chi connectivity index (χ3v) is 4.53. The summed E-state index contributed by atoms with van der Waals surface area (Å²) < 4.78 is 6.51. The minimum Gasteiger partial charge on any atom is -0.354 e. The predicted molar refractivity (Wildman–Crippen MR) is 124 cm³/mol. The van der Waals surface area contributed by atoms with Crippen LogP contribution in [0.1, 0.15) is 23.3 Å². The van der Waals surface area contributed by atoms with Gasteiger partial charge in [-0.1, -0.05) is 72.8 Å². The largest absolute Gasteiger partial charge is 0.354 e. The Kier molecular flexibility index (Phi) is 7.02. The summed E-state index contributed by atoms with van der Waals surface area (Å²) in [7, 11) is 0. The van der Waals surface area contributed by atoms with Crippen molar-refractivity contribution in [3.63, 3.8) is 0 Å². The van der Waals surface area contributed by atoms with E-state index in [1.54, 1.807) is 24.8 Å². The van der Waals surface area contributed by atoms with Gasteiger partial charge in [-0.05, 0) is 35.4 Å². The Balaban J connectivity index is 1.64. The highest BCUT2D eigenvalue weighted by Crippen LogP contribution is 2.26. The number of aliphatic imine (C=N–C) groups is 2. The summed E-state index contributed by atoms with van der Waals surface area (Å²) in [4.78, 5) is 17.6. The van der Waals surface area contributed by atoms with Gasteiger partial charge >= 0.3 is 0 Å². The van der Waals surface area contributed by atoms with Crippen LogP contribution in [0.3, 0.4) is 0 Å². The highest BCUT2D eigenvalue weighted by atomic mass is 16.5. The molecule has 4 rings (SSSR count). The lowest BCUT2D eigenvalue weighted by atomic mass is 10.1. The molecule has 4 aromatic rings. The second-order valence-corrected chi connectivity index (χ2v) is 6.73. The molecule has 152 valence electrons. The second kappa shape index (κ2) is 10.7. The molecule has 0 aliphatic heterocycles. The van der Waals surface area contributed by atoms with Crippen molar-refractivity contribution in [3.05, 3.63) is 121 Å². The van der Waals surface area contributed by atoms with E-state index in [0.29, 0.717) is 11.6 Å². The third kappa shape index (κ3) is 6.01. The second-order valence-electron chi connectivity index (χ2n) is 6.73. The summed E-state index contributed by atoms with van der Waals surface area (Å²) in [6.07, 6.45) is 6.23. The number of nitrogens with zero attached hydrogens (tertiary/aromatic N) is 4. The van der Waals surface area contributed by atoms with Gasteiger partial charge in [0.15, 0.2) is 11.6 Å². The number of benzene rings is 2. The minimum atomic E-state index is -0.386. The summed E-state index contributed by atoms with van der Waals surface area (Å²) in [5.41, 5.74) is 1.99. The van der Waals surface area contributed by atoms with Crippen molar-refractivity contribution in [1.29, 1.82) is 0 Å². The van der Waals surface area contributed by atoms with E-state index in [9.17, 15) is 0 Å². The van der Waals surface area contributed by atoms with E-state index in [1.807, 2.05) is 97.1 Å². The molecule has 0 bridgehead atoms. The number of ether oxygens (including phenoxy) is 1. The molecule has 2 aromatic carbocycles. The first-order valence-corrected chi connectivity index (χ1v) is 10.0. The van der Waals surface area contributed by atoms with Crippen molar-refractivity contribution in [1.82, 2.24) is 9.97 Å². The van der Waals surface area contributed by atoms with Crippen LogP contribution in [0, 0.1) is 0 Å². The Labute approximate surface area is 181 Å². The molecule has 5 nitrogen and oxygen atoms in total. The molecular formula is C26H22N4O. The molecule has 0 radical (unpaired) electrons. The summed E-state index contributed by atoms with van der Waals surface area (Å²) >= 11 is 0. The Morgan fingerprint density at radius 2 is 0.968 bits per heavy atom. The van der Waals surface area contributed by atoms with Crippen molar-refractivity contribution in [3.8, 4) is 0 Å². The van der Waals surface area contributed by atoms with Gasteiger partial charge in [0.25, 0.3) is 0 Å². The number of aromatic nitrogens is 2. The topological polar surface area (TPSA) is 59.7 Å². The fraction of sp³-hybridized carbons (Fsp3) is 0.0769. The van der Waals surface area contributed by atoms with E-state index in [1.165, 1.54) is 0 Å².